The molecule has 0 atom stereocenters. The molecule has 1 aromatic heterocycles. The van der Waals surface area contributed by atoms with Crippen LogP contribution in [0, 0.1) is 5.92 Å². The van der Waals surface area contributed by atoms with Crippen LogP contribution in [0.5, 0.6) is 0 Å². The summed E-state index contributed by atoms with van der Waals surface area (Å²) in [5.41, 5.74) is -0.119. The predicted molar refractivity (Wildman–Crippen MR) is 63.6 cm³/mol. The highest BCUT2D eigenvalue weighted by Gasteiger charge is 2.00. The molecule has 0 amide bonds. The molecule has 0 aliphatic rings. The smallest absolute Gasteiger partial charge is 0.293 e. The molecule has 0 unspecified atom stereocenters. The molecule has 5 nitrogen and oxygen atoms in total. The Morgan fingerprint density at radius 3 is 3.00 bits per heavy atom. The number of nitrogens with zero attached hydrogens (tertiary/aromatic N) is 2. The molecule has 0 aliphatic heterocycles. The van der Waals surface area contributed by atoms with Gasteiger partial charge < -0.3 is 14.6 Å². The Kier molecular flexibility index (Phi) is 4.98. The topological polar surface area (TPSA) is 56.1 Å². The van der Waals surface area contributed by atoms with E-state index in [2.05, 4.69) is 24.1 Å². The number of ether oxygens (including phenoxy) is 1. The molecule has 16 heavy (non-hydrogen) atoms. The monoisotopic (exact) mass is 225 g/mol. The van der Waals surface area contributed by atoms with Crippen molar-refractivity contribution in [1.82, 2.24) is 9.55 Å². The van der Waals surface area contributed by atoms with Gasteiger partial charge in [0.25, 0.3) is 5.56 Å². The van der Waals surface area contributed by atoms with E-state index in [1.165, 1.54) is 4.57 Å². The second-order valence-corrected chi connectivity index (χ2v) is 4.09. The van der Waals surface area contributed by atoms with Gasteiger partial charge >= 0.3 is 0 Å². The van der Waals surface area contributed by atoms with E-state index in [1.807, 2.05) is 0 Å². The van der Waals surface area contributed by atoms with Crippen molar-refractivity contribution in [3.63, 3.8) is 0 Å². The number of hydrogen-bond donors (Lipinski definition) is 1. The lowest BCUT2D eigenvalue weighted by molar-refractivity contribution is 0.118. The minimum absolute atomic E-state index is 0.119. The van der Waals surface area contributed by atoms with E-state index < -0.39 is 0 Å². The molecule has 1 aromatic rings. The Labute approximate surface area is 95.5 Å². The largest absolute Gasteiger partial charge is 0.379 e. The fourth-order valence-corrected chi connectivity index (χ4v) is 1.18. The Morgan fingerprint density at radius 2 is 2.31 bits per heavy atom. The molecule has 0 spiro atoms. The van der Waals surface area contributed by atoms with Crippen LogP contribution in [0.15, 0.2) is 17.2 Å². The fourth-order valence-electron chi connectivity index (χ4n) is 1.18. The Balaban J connectivity index is 2.32. The average molecular weight is 225 g/mol. The van der Waals surface area contributed by atoms with E-state index in [0.717, 1.165) is 6.61 Å². The first-order chi connectivity index (χ1) is 7.61. The van der Waals surface area contributed by atoms with Gasteiger partial charge in [-0.05, 0) is 5.92 Å². The van der Waals surface area contributed by atoms with Crippen LogP contribution in [0.4, 0.5) is 5.82 Å². The lowest BCUT2D eigenvalue weighted by Crippen LogP contribution is -2.23. The first kappa shape index (κ1) is 12.7. The van der Waals surface area contributed by atoms with E-state index in [1.54, 1.807) is 19.4 Å². The van der Waals surface area contributed by atoms with E-state index in [-0.39, 0.29) is 5.56 Å². The third-order valence-corrected chi connectivity index (χ3v) is 2.01. The lowest BCUT2D eigenvalue weighted by Gasteiger charge is -2.08. The molecule has 0 bridgehead atoms. The SMILES string of the molecule is CC(C)COCCNc1nccn(C)c1=O. The van der Waals surface area contributed by atoms with Gasteiger partial charge in [0.2, 0.25) is 0 Å². The highest BCUT2D eigenvalue weighted by Crippen LogP contribution is 1.93. The van der Waals surface area contributed by atoms with Crippen LogP contribution in [0.2, 0.25) is 0 Å². The highest BCUT2D eigenvalue weighted by atomic mass is 16.5. The summed E-state index contributed by atoms with van der Waals surface area (Å²) in [5.74, 6) is 0.904. The number of aryl methyl sites for hydroxylation is 1. The van der Waals surface area contributed by atoms with Crippen molar-refractivity contribution >= 4 is 5.82 Å². The van der Waals surface area contributed by atoms with Crippen molar-refractivity contribution in [3.05, 3.63) is 22.7 Å². The Bertz CT molecular complexity index is 374. The van der Waals surface area contributed by atoms with Gasteiger partial charge in [-0.25, -0.2) is 4.98 Å². The molecule has 90 valence electrons. The fraction of sp³-hybridized carbons (Fsp3) is 0.636. The van der Waals surface area contributed by atoms with Gasteiger partial charge in [-0.15, -0.1) is 0 Å². The Hall–Kier alpha value is -1.36. The van der Waals surface area contributed by atoms with Gasteiger partial charge in [-0.1, -0.05) is 13.8 Å². The van der Waals surface area contributed by atoms with Gasteiger partial charge in [0, 0.05) is 32.6 Å². The standard InChI is InChI=1S/C11H19N3O2/c1-9(2)8-16-7-5-13-10-11(15)14(3)6-4-12-10/h4,6,9H,5,7-8H2,1-3H3,(H,12,13). The zero-order chi connectivity index (χ0) is 12.0. The van der Waals surface area contributed by atoms with Crippen LogP contribution in [0.1, 0.15) is 13.8 Å². The van der Waals surface area contributed by atoms with Crippen molar-refractivity contribution < 1.29 is 4.74 Å². The number of anilines is 1. The third-order valence-electron chi connectivity index (χ3n) is 2.01. The molecular formula is C11H19N3O2. The molecule has 1 rings (SSSR count). The first-order valence-corrected chi connectivity index (χ1v) is 5.44. The minimum atomic E-state index is -0.119. The molecule has 0 saturated carbocycles. The first-order valence-electron chi connectivity index (χ1n) is 5.44. The van der Waals surface area contributed by atoms with Crippen LogP contribution in [-0.4, -0.2) is 29.3 Å². The van der Waals surface area contributed by atoms with Gasteiger partial charge in [-0.2, -0.15) is 0 Å². The van der Waals surface area contributed by atoms with Gasteiger partial charge in [0.15, 0.2) is 5.82 Å². The van der Waals surface area contributed by atoms with Crippen LogP contribution >= 0.6 is 0 Å². The highest BCUT2D eigenvalue weighted by molar-refractivity contribution is 5.30. The van der Waals surface area contributed by atoms with Crippen molar-refractivity contribution in [1.29, 1.82) is 0 Å². The predicted octanol–water partition coefficient (Wildman–Crippen LogP) is 0.865. The molecule has 1 heterocycles. The summed E-state index contributed by atoms with van der Waals surface area (Å²) in [4.78, 5) is 15.5. The van der Waals surface area contributed by atoms with Crippen molar-refractivity contribution in [2.75, 3.05) is 25.1 Å². The van der Waals surface area contributed by atoms with Crippen LogP contribution in [0.25, 0.3) is 0 Å². The van der Waals surface area contributed by atoms with E-state index in [0.29, 0.717) is 24.9 Å². The molecule has 5 heteroatoms. The zero-order valence-corrected chi connectivity index (χ0v) is 10.1. The molecule has 0 radical (unpaired) electrons. The van der Waals surface area contributed by atoms with Crippen molar-refractivity contribution in [3.8, 4) is 0 Å². The summed E-state index contributed by atoms with van der Waals surface area (Å²) >= 11 is 0. The maximum absolute atomic E-state index is 11.5. The normalized spacial score (nSPS) is 10.8. The summed E-state index contributed by atoms with van der Waals surface area (Å²) in [6, 6.07) is 0. The van der Waals surface area contributed by atoms with E-state index in [9.17, 15) is 4.79 Å². The summed E-state index contributed by atoms with van der Waals surface area (Å²) in [7, 11) is 1.70. The van der Waals surface area contributed by atoms with Gasteiger partial charge in [0.1, 0.15) is 0 Å². The molecular weight excluding hydrogens is 206 g/mol. The van der Waals surface area contributed by atoms with E-state index in [4.69, 9.17) is 4.74 Å². The second-order valence-electron chi connectivity index (χ2n) is 4.09. The molecule has 0 fully saturated rings. The van der Waals surface area contributed by atoms with E-state index >= 15 is 0 Å². The third kappa shape index (κ3) is 4.02. The zero-order valence-electron chi connectivity index (χ0n) is 10.1. The number of hydrogen-bond acceptors (Lipinski definition) is 4. The lowest BCUT2D eigenvalue weighted by atomic mass is 10.2. The summed E-state index contributed by atoms with van der Waals surface area (Å²) in [6.45, 7) is 6.11. The summed E-state index contributed by atoms with van der Waals surface area (Å²) in [5, 5.41) is 2.96. The number of nitrogens with one attached hydrogen (secondary N) is 1. The second kappa shape index (κ2) is 6.27. The number of aromatic nitrogens is 2. The van der Waals surface area contributed by atoms with Crippen molar-refractivity contribution in [2.24, 2.45) is 13.0 Å². The van der Waals surface area contributed by atoms with Crippen LogP contribution in [-0.2, 0) is 11.8 Å². The summed E-state index contributed by atoms with van der Waals surface area (Å²) < 4.78 is 6.88. The maximum atomic E-state index is 11.5. The van der Waals surface area contributed by atoms with Crippen molar-refractivity contribution in [2.45, 2.75) is 13.8 Å². The quantitative estimate of drug-likeness (QED) is 0.730. The molecule has 1 N–H and O–H groups in total. The van der Waals surface area contributed by atoms with Crippen LogP contribution < -0.4 is 10.9 Å². The molecule has 0 saturated heterocycles. The maximum Gasteiger partial charge on any atom is 0.293 e. The molecule has 0 aliphatic carbocycles. The van der Waals surface area contributed by atoms with Gasteiger partial charge in [0.05, 0.1) is 6.61 Å². The van der Waals surface area contributed by atoms with Gasteiger partial charge in [-0.3, -0.25) is 4.79 Å². The Morgan fingerprint density at radius 1 is 1.56 bits per heavy atom. The number of rotatable bonds is 6. The summed E-state index contributed by atoms with van der Waals surface area (Å²) in [6.07, 6.45) is 3.22. The van der Waals surface area contributed by atoms with Crippen LogP contribution in [0.3, 0.4) is 0 Å². The average Bonchev–Trinajstić information content (AvgIpc) is 2.23. The molecule has 0 aromatic carbocycles. The minimum Gasteiger partial charge on any atom is -0.379 e.